The normalized spacial score (nSPS) is 10.4. The van der Waals surface area contributed by atoms with Crippen LogP contribution in [0.5, 0.6) is 11.5 Å². The molecule has 1 aromatic carbocycles. The van der Waals surface area contributed by atoms with E-state index in [-0.39, 0.29) is 46.7 Å². The Bertz CT molecular complexity index is 474. The van der Waals surface area contributed by atoms with Gasteiger partial charge in [-0.2, -0.15) is 0 Å². The summed E-state index contributed by atoms with van der Waals surface area (Å²) in [4.78, 5) is -0.490. The van der Waals surface area contributed by atoms with Crippen molar-refractivity contribution < 1.29 is 52.0 Å². The van der Waals surface area contributed by atoms with Gasteiger partial charge in [-0.05, 0) is 0 Å². The minimum atomic E-state index is -4.61. The zero-order chi connectivity index (χ0) is 11.6. The van der Waals surface area contributed by atoms with E-state index in [0.717, 1.165) is 6.07 Å². The Hall–Kier alpha value is -0.470. The van der Waals surface area contributed by atoms with E-state index in [1.807, 2.05) is 0 Å². The molecule has 0 amide bonds. The predicted molar refractivity (Wildman–Crippen MR) is 51.9 cm³/mol. The standard InChI is InChI=1S/C8H11NO5S.Na/c1-13-6-4-8(15(10,11)12)7(14-2)3-5(6)9;/h3-4H,9H2,1-2H3,(H,10,11,12);/q;+1/p-1. The molecule has 0 radical (unpaired) electrons. The molecular weight excluding hydrogens is 245 g/mol. The van der Waals surface area contributed by atoms with Crippen LogP contribution in [0.1, 0.15) is 0 Å². The summed E-state index contributed by atoms with van der Waals surface area (Å²) >= 11 is 0. The minimum Gasteiger partial charge on any atom is -0.744 e. The van der Waals surface area contributed by atoms with Gasteiger partial charge in [0.15, 0.2) is 0 Å². The number of ether oxygens (including phenoxy) is 2. The van der Waals surface area contributed by atoms with E-state index in [2.05, 4.69) is 0 Å². The molecule has 1 rings (SSSR count). The van der Waals surface area contributed by atoms with Gasteiger partial charge in [0.1, 0.15) is 26.5 Å². The van der Waals surface area contributed by atoms with E-state index in [1.165, 1.54) is 20.3 Å². The van der Waals surface area contributed by atoms with Gasteiger partial charge in [-0.25, -0.2) is 8.42 Å². The van der Waals surface area contributed by atoms with Crippen LogP contribution in [-0.4, -0.2) is 27.2 Å². The number of hydrogen-bond acceptors (Lipinski definition) is 6. The summed E-state index contributed by atoms with van der Waals surface area (Å²) in [6.45, 7) is 0. The molecule has 0 heterocycles. The zero-order valence-electron chi connectivity index (χ0n) is 9.18. The first-order chi connectivity index (χ1) is 6.90. The Balaban J connectivity index is 0.00000225. The van der Waals surface area contributed by atoms with Crippen molar-refractivity contribution in [1.82, 2.24) is 0 Å². The van der Waals surface area contributed by atoms with Gasteiger partial charge in [-0.15, -0.1) is 0 Å². The van der Waals surface area contributed by atoms with Gasteiger partial charge in [0.05, 0.1) is 19.9 Å². The summed E-state index contributed by atoms with van der Waals surface area (Å²) in [6.07, 6.45) is 0. The fourth-order valence-electron chi connectivity index (χ4n) is 1.09. The fraction of sp³-hybridized carbons (Fsp3) is 0.250. The number of nitrogens with two attached hydrogens (primary N) is 1. The van der Waals surface area contributed by atoms with Gasteiger partial charge in [0.2, 0.25) is 0 Å². The molecule has 0 saturated heterocycles. The van der Waals surface area contributed by atoms with Crippen LogP contribution in [0.2, 0.25) is 0 Å². The van der Waals surface area contributed by atoms with Crippen molar-refractivity contribution in [2.75, 3.05) is 20.0 Å². The number of nitrogen functional groups attached to an aromatic ring is 1. The van der Waals surface area contributed by atoms with Gasteiger partial charge in [-0.1, -0.05) is 0 Å². The van der Waals surface area contributed by atoms with Crippen LogP contribution in [0, 0.1) is 0 Å². The minimum absolute atomic E-state index is 0. The Labute approximate surface area is 116 Å². The monoisotopic (exact) mass is 255 g/mol. The topological polar surface area (TPSA) is 102 Å². The molecule has 0 fully saturated rings. The third-order valence-corrected chi connectivity index (χ3v) is 2.64. The second-order valence-electron chi connectivity index (χ2n) is 2.70. The average molecular weight is 255 g/mol. The largest absolute Gasteiger partial charge is 1.00 e. The zero-order valence-corrected chi connectivity index (χ0v) is 12.0. The van der Waals surface area contributed by atoms with Crippen LogP contribution < -0.4 is 44.8 Å². The van der Waals surface area contributed by atoms with E-state index in [1.54, 1.807) is 0 Å². The van der Waals surface area contributed by atoms with Crippen molar-refractivity contribution in [1.29, 1.82) is 0 Å². The van der Waals surface area contributed by atoms with E-state index < -0.39 is 15.0 Å². The van der Waals surface area contributed by atoms with Crippen LogP contribution in [0.15, 0.2) is 17.0 Å². The third-order valence-electron chi connectivity index (χ3n) is 1.79. The average Bonchev–Trinajstić information content (AvgIpc) is 2.15. The van der Waals surface area contributed by atoms with Crippen molar-refractivity contribution in [3.8, 4) is 11.5 Å². The molecule has 0 unspecified atom stereocenters. The maximum absolute atomic E-state index is 10.9. The molecule has 2 N–H and O–H groups in total. The second kappa shape index (κ2) is 5.74. The first kappa shape index (κ1) is 15.5. The number of benzene rings is 1. The number of anilines is 1. The Morgan fingerprint density at radius 1 is 1.19 bits per heavy atom. The van der Waals surface area contributed by atoms with E-state index >= 15 is 0 Å². The molecule has 1 aromatic rings. The van der Waals surface area contributed by atoms with E-state index in [4.69, 9.17) is 15.2 Å². The van der Waals surface area contributed by atoms with Gasteiger partial charge in [0.25, 0.3) is 0 Å². The maximum atomic E-state index is 10.9. The summed E-state index contributed by atoms with van der Waals surface area (Å²) in [5.41, 5.74) is 5.71. The van der Waals surface area contributed by atoms with Crippen molar-refractivity contribution in [3.05, 3.63) is 12.1 Å². The van der Waals surface area contributed by atoms with Crippen molar-refractivity contribution in [3.63, 3.8) is 0 Å². The van der Waals surface area contributed by atoms with E-state index in [0.29, 0.717) is 0 Å². The van der Waals surface area contributed by atoms with Gasteiger partial charge < -0.3 is 19.8 Å². The smallest absolute Gasteiger partial charge is 0.744 e. The van der Waals surface area contributed by atoms with Crippen LogP contribution in [-0.2, 0) is 10.1 Å². The van der Waals surface area contributed by atoms with Crippen LogP contribution >= 0.6 is 0 Å². The molecule has 0 aliphatic carbocycles. The van der Waals surface area contributed by atoms with Crippen LogP contribution in [0.4, 0.5) is 5.69 Å². The number of rotatable bonds is 3. The fourth-order valence-corrected chi connectivity index (χ4v) is 1.73. The third kappa shape index (κ3) is 3.26. The van der Waals surface area contributed by atoms with Crippen LogP contribution in [0.3, 0.4) is 0 Å². The van der Waals surface area contributed by atoms with Crippen molar-refractivity contribution >= 4 is 15.8 Å². The van der Waals surface area contributed by atoms with Crippen molar-refractivity contribution in [2.45, 2.75) is 4.90 Å². The summed E-state index contributed by atoms with van der Waals surface area (Å²) in [6, 6.07) is 2.26. The molecule has 16 heavy (non-hydrogen) atoms. The summed E-state index contributed by atoms with van der Waals surface area (Å²) in [7, 11) is -2.04. The SMILES string of the molecule is COc1cc(S(=O)(=O)[O-])c(OC)cc1N.[Na+]. The quantitative estimate of drug-likeness (QED) is 0.355. The first-order valence-electron chi connectivity index (χ1n) is 3.87. The Morgan fingerprint density at radius 2 is 1.69 bits per heavy atom. The Kier molecular flexibility index (Phi) is 5.57. The molecule has 0 saturated carbocycles. The first-order valence-corrected chi connectivity index (χ1v) is 5.28. The molecule has 84 valence electrons. The molecule has 8 heteroatoms. The molecule has 0 aromatic heterocycles. The van der Waals surface area contributed by atoms with Gasteiger partial charge >= 0.3 is 29.6 Å². The summed E-state index contributed by atoms with van der Waals surface area (Å²) < 4.78 is 42.1. The number of hydrogen-bond donors (Lipinski definition) is 1. The molecule has 0 atom stereocenters. The maximum Gasteiger partial charge on any atom is 1.00 e. The second-order valence-corrected chi connectivity index (χ2v) is 4.05. The molecule has 0 bridgehead atoms. The molecule has 6 nitrogen and oxygen atoms in total. The molecule has 0 spiro atoms. The van der Waals surface area contributed by atoms with Crippen molar-refractivity contribution in [2.24, 2.45) is 0 Å². The number of methoxy groups -OCH3 is 2. The van der Waals surface area contributed by atoms with E-state index in [9.17, 15) is 13.0 Å². The molecule has 0 aliphatic rings. The van der Waals surface area contributed by atoms with Gasteiger partial charge in [-0.3, -0.25) is 0 Å². The van der Waals surface area contributed by atoms with Gasteiger partial charge in [0, 0.05) is 12.1 Å². The Morgan fingerprint density at radius 3 is 2.06 bits per heavy atom. The predicted octanol–water partition coefficient (Wildman–Crippen LogP) is -2.81. The summed E-state index contributed by atoms with van der Waals surface area (Å²) in [5.74, 6) is 0.0218. The molecule has 0 aliphatic heterocycles. The summed E-state index contributed by atoms with van der Waals surface area (Å²) in [5, 5.41) is 0. The molecular formula is C8H10NNaO5S. The van der Waals surface area contributed by atoms with Crippen LogP contribution in [0.25, 0.3) is 0 Å².